The summed E-state index contributed by atoms with van der Waals surface area (Å²) >= 11 is 0. The number of nitrogens with one attached hydrogen (secondary N) is 2. The molecular formula is C24H24N6O2. The number of aryl methyl sites for hydroxylation is 1. The van der Waals surface area contributed by atoms with E-state index in [-0.39, 0.29) is 11.2 Å². The molecular weight excluding hydrogens is 404 g/mol. The van der Waals surface area contributed by atoms with Crippen LogP contribution in [-0.4, -0.2) is 45.8 Å². The van der Waals surface area contributed by atoms with Gasteiger partial charge in [-0.15, -0.1) is 0 Å². The molecule has 1 aliphatic rings. The molecule has 0 spiro atoms. The van der Waals surface area contributed by atoms with Crippen LogP contribution in [0.5, 0.6) is 5.75 Å². The summed E-state index contributed by atoms with van der Waals surface area (Å²) < 4.78 is 1.80. The Balaban J connectivity index is 1.43. The first-order valence-electron chi connectivity index (χ1n) is 10.6. The monoisotopic (exact) mass is 428 g/mol. The van der Waals surface area contributed by atoms with E-state index in [4.69, 9.17) is 0 Å². The molecule has 32 heavy (non-hydrogen) atoms. The van der Waals surface area contributed by atoms with Crippen molar-refractivity contribution in [2.24, 2.45) is 7.05 Å². The molecule has 5 rings (SSSR count). The molecule has 0 saturated carbocycles. The lowest BCUT2D eigenvalue weighted by Crippen LogP contribution is -2.43. The van der Waals surface area contributed by atoms with Crippen LogP contribution in [0, 0.1) is 0 Å². The Morgan fingerprint density at radius 1 is 1.09 bits per heavy atom. The van der Waals surface area contributed by atoms with E-state index in [0.29, 0.717) is 28.1 Å². The standard InChI is InChI=1S/C24H24N6O2/c1-29-15-21(16-3-2-4-19(31)13-16)22(32)20-14-26-24(28-23(20)29)27-17-5-7-18(8-6-17)30-11-9-25-10-12-30/h2-8,13-15,25,31H,9-12H2,1H3,(H,26,27,28). The van der Waals surface area contributed by atoms with E-state index in [9.17, 15) is 9.90 Å². The summed E-state index contributed by atoms with van der Waals surface area (Å²) in [6, 6.07) is 14.9. The number of aromatic hydroxyl groups is 1. The van der Waals surface area contributed by atoms with Crippen molar-refractivity contribution in [3.05, 3.63) is 71.1 Å². The summed E-state index contributed by atoms with van der Waals surface area (Å²) in [5.41, 5.74) is 3.58. The van der Waals surface area contributed by atoms with Crippen LogP contribution in [0.3, 0.4) is 0 Å². The number of nitrogens with zero attached hydrogens (tertiary/aromatic N) is 4. The average Bonchev–Trinajstić information content (AvgIpc) is 2.82. The molecule has 1 fully saturated rings. The second kappa shape index (κ2) is 8.32. The Bertz CT molecular complexity index is 1330. The number of phenols is 1. The van der Waals surface area contributed by atoms with Gasteiger partial charge in [-0.3, -0.25) is 4.79 Å². The molecule has 0 bridgehead atoms. The van der Waals surface area contributed by atoms with Gasteiger partial charge in [0.15, 0.2) is 5.43 Å². The van der Waals surface area contributed by atoms with Gasteiger partial charge in [0.05, 0.1) is 5.39 Å². The predicted molar refractivity (Wildman–Crippen MR) is 127 cm³/mol. The highest BCUT2D eigenvalue weighted by atomic mass is 16.3. The number of rotatable bonds is 4. The maximum Gasteiger partial charge on any atom is 0.229 e. The normalized spacial score (nSPS) is 14.0. The molecule has 3 heterocycles. The number of hydrogen-bond acceptors (Lipinski definition) is 7. The number of aromatic nitrogens is 3. The van der Waals surface area contributed by atoms with E-state index in [1.807, 2.05) is 19.2 Å². The topological polar surface area (TPSA) is 95.3 Å². The molecule has 0 atom stereocenters. The first-order valence-corrected chi connectivity index (χ1v) is 10.6. The lowest BCUT2D eigenvalue weighted by Gasteiger charge is -2.29. The van der Waals surface area contributed by atoms with Gasteiger partial charge in [-0.05, 0) is 42.0 Å². The quantitative estimate of drug-likeness (QED) is 0.460. The molecule has 162 valence electrons. The summed E-state index contributed by atoms with van der Waals surface area (Å²) in [6.07, 6.45) is 3.28. The van der Waals surface area contributed by atoms with Crippen molar-refractivity contribution < 1.29 is 5.11 Å². The van der Waals surface area contributed by atoms with Crippen LogP contribution in [0.1, 0.15) is 0 Å². The zero-order valence-corrected chi connectivity index (χ0v) is 17.7. The van der Waals surface area contributed by atoms with Crippen molar-refractivity contribution in [3.63, 3.8) is 0 Å². The Hall–Kier alpha value is -3.91. The van der Waals surface area contributed by atoms with Crippen molar-refractivity contribution >= 4 is 28.4 Å². The van der Waals surface area contributed by atoms with Crippen molar-refractivity contribution in [2.75, 3.05) is 36.4 Å². The van der Waals surface area contributed by atoms with Crippen molar-refractivity contribution in [1.82, 2.24) is 19.9 Å². The minimum Gasteiger partial charge on any atom is -0.508 e. The van der Waals surface area contributed by atoms with Crippen LogP contribution in [-0.2, 0) is 7.05 Å². The van der Waals surface area contributed by atoms with Crippen molar-refractivity contribution in [1.29, 1.82) is 0 Å². The van der Waals surface area contributed by atoms with E-state index < -0.39 is 0 Å². The van der Waals surface area contributed by atoms with Gasteiger partial charge >= 0.3 is 0 Å². The highest BCUT2D eigenvalue weighted by Gasteiger charge is 2.13. The lowest BCUT2D eigenvalue weighted by atomic mass is 10.1. The van der Waals surface area contributed by atoms with Crippen molar-refractivity contribution in [3.8, 4) is 16.9 Å². The molecule has 8 heteroatoms. The highest BCUT2D eigenvalue weighted by molar-refractivity contribution is 5.82. The van der Waals surface area contributed by atoms with Crippen LogP contribution in [0.2, 0.25) is 0 Å². The van der Waals surface area contributed by atoms with E-state index in [1.54, 1.807) is 41.2 Å². The third kappa shape index (κ3) is 3.88. The molecule has 2 aromatic carbocycles. The molecule has 0 unspecified atom stereocenters. The molecule has 4 aromatic rings. The predicted octanol–water partition coefficient (Wildman–Crippen LogP) is 2.85. The van der Waals surface area contributed by atoms with Gasteiger partial charge in [-0.25, -0.2) is 4.98 Å². The molecule has 1 aliphatic heterocycles. The van der Waals surface area contributed by atoms with Gasteiger partial charge in [0.2, 0.25) is 5.95 Å². The fourth-order valence-corrected chi connectivity index (χ4v) is 4.01. The third-order valence-corrected chi connectivity index (χ3v) is 5.68. The van der Waals surface area contributed by atoms with Crippen molar-refractivity contribution in [2.45, 2.75) is 0 Å². The van der Waals surface area contributed by atoms with Crippen LogP contribution >= 0.6 is 0 Å². The van der Waals surface area contributed by atoms with Gasteiger partial charge in [-0.1, -0.05) is 12.1 Å². The minimum absolute atomic E-state index is 0.114. The first-order chi connectivity index (χ1) is 15.6. The summed E-state index contributed by atoms with van der Waals surface area (Å²) in [6.45, 7) is 3.99. The van der Waals surface area contributed by atoms with E-state index in [0.717, 1.165) is 31.9 Å². The second-order valence-electron chi connectivity index (χ2n) is 7.87. The number of benzene rings is 2. The van der Waals surface area contributed by atoms with Crippen LogP contribution in [0.25, 0.3) is 22.2 Å². The number of piperazine rings is 1. The van der Waals surface area contributed by atoms with Gasteiger partial charge < -0.3 is 25.2 Å². The third-order valence-electron chi connectivity index (χ3n) is 5.68. The lowest BCUT2D eigenvalue weighted by molar-refractivity contribution is 0.475. The van der Waals surface area contributed by atoms with Gasteiger partial charge in [-0.2, -0.15) is 4.98 Å². The van der Waals surface area contributed by atoms with Gasteiger partial charge in [0, 0.05) is 62.6 Å². The molecule has 1 saturated heterocycles. The Morgan fingerprint density at radius 2 is 1.88 bits per heavy atom. The van der Waals surface area contributed by atoms with Crippen LogP contribution in [0.15, 0.2) is 65.7 Å². The zero-order chi connectivity index (χ0) is 22.1. The molecule has 0 amide bonds. The Morgan fingerprint density at radius 3 is 2.62 bits per heavy atom. The van der Waals surface area contributed by atoms with Gasteiger partial charge in [0.25, 0.3) is 0 Å². The smallest absolute Gasteiger partial charge is 0.229 e. The number of phenolic OH excluding ortho intramolecular Hbond substituents is 1. The number of pyridine rings is 1. The summed E-state index contributed by atoms with van der Waals surface area (Å²) in [4.78, 5) is 24.3. The average molecular weight is 428 g/mol. The second-order valence-corrected chi connectivity index (χ2v) is 7.87. The van der Waals surface area contributed by atoms with Crippen LogP contribution in [0.4, 0.5) is 17.3 Å². The Labute approximate surface area is 185 Å². The molecule has 2 aromatic heterocycles. The Kier molecular flexibility index (Phi) is 5.20. The van der Waals surface area contributed by atoms with E-state index in [2.05, 4.69) is 37.6 Å². The minimum atomic E-state index is -0.171. The number of hydrogen-bond donors (Lipinski definition) is 3. The maximum absolute atomic E-state index is 13.0. The molecule has 3 N–H and O–H groups in total. The number of anilines is 3. The first kappa shape index (κ1) is 20.0. The number of fused-ring (bicyclic) bond motifs is 1. The van der Waals surface area contributed by atoms with Gasteiger partial charge in [0.1, 0.15) is 11.4 Å². The maximum atomic E-state index is 13.0. The zero-order valence-electron chi connectivity index (χ0n) is 17.7. The molecule has 8 nitrogen and oxygen atoms in total. The fourth-order valence-electron chi connectivity index (χ4n) is 4.01. The summed E-state index contributed by atoms with van der Waals surface area (Å²) in [5, 5.41) is 16.8. The molecule has 0 aliphatic carbocycles. The fraction of sp³-hybridized carbons (Fsp3) is 0.208. The van der Waals surface area contributed by atoms with Crippen LogP contribution < -0.4 is 21.0 Å². The van der Waals surface area contributed by atoms with E-state index in [1.165, 1.54) is 5.69 Å². The molecule has 0 radical (unpaired) electrons. The summed E-state index contributed by atoms with van der Waals surface area (Å²) in [5.74, 6) is 0.538. The SMILES string of the molecule is Cn1cc(-c2cccc(O)c2)c(=O)c2cnc(Nc3ccc(N4CCNCC4)cc3)nc21. The summed E-state index contributed by atoms with van der Waals surface area (Å²) in [7, 11) is 1.84. The van der Waals surface area contributed by atoms with E-state index >= 15 is 0 Å². The highest BCUT2D eigenvalue weighted by Crippen LogP contribution is 2.24. The largest absolute Gasteiger partial charge is 0.508 e.